The fourth-order valence-electron chi connectivity index (χ4n) is 1.96. The van der Waals surface area contributed by atoms with Gasteiger partial charge in [0.05, 0.1) is 17.8 Å². The molecule has 0 spiro atoms. The molecule has 2 heterocycles. The van der Waals surface area contributed by atoms with Crippen molar-refractivity contribution in [3.8, 4) is 0 Å². The number of thiazole rings is 1. The molecule has 2 nitrogen and oxygen atoms in total. The first-order valence-electron chi connectivity index (χ1n) is 5.28. The molecule has 1 aliphatic rings. The van der Waals surface area contributed by atoms with Crippen LogP contribution in [0.2, 0.25) is 0 Å². The summed E-state index contributed by atoms with van der Waals surface area (Å²) in [6, 6.07) is 0. The van der Waals surface area contributed by atoms with Crippen molar-refractivity contribution < 1.29 is 4.74 Å². The third kappa shape index (κ3) is 2.52. The van der Waals surface area contributed by atoms with E-state index in [1.165, 1.54) is 10.6 Å². The first-order chi connectivity index (χ1) is 7.26. The minimum absolute atomic E-state index is 0.220. The van der Waals surface area contributed by atoms with Crippen molar-refractivity contribution in [1.82, 2.24) is 4.98 Å². The zero-order chi connectivity index (χ0) is 10.7. The molecule has 0 aliphatic carbocycles. The van der Waals surface area contributed by atoms with E-state index < -0.39 is 0 Å². The van der Waals surface area contributed by atoms with Crippen molar-refractivity contribution in [2.45, 2.75) is 26.2 Å². The smallest absolute Gasteiger partial charge is 0.0797 e. The number of aryl methyl sites for hydroxylation is 2. The highest BCUT2D eigenvalue weighted by Gasteiger charge is 2.33. The lowest BCUT2D eigenvalue weighted by Crippen LogP contribution is -2.23. The maximum absolute atomic E-state index is 6.05. The van der Waals surface area contributed by atoms with E-state index in [2.05, 4.69) is 11.9 Å². The zero-order valence-corrected chi connectivity index (χ0v) is 10.5. The van der Waals surface area contributed by atoms with Gasteiger partial charge in [0.15, 0.2) is 0 Å². The van der Waals surface area contributed by atoms with Crippen LogP contribution in [-0.4, -0.2) is 24.1 Å². The molecule has 0 N–H and O–H groups in total. The molecule has 0 amide bonds. The van der Waals surface area contributed by atoms with Crippen LogP contribution in [0.25, 0.3) is 0 Å². The Bertz CT molecular complexity index is 320. The highest BCUT2D eigenvalue weighted by molar-refractivity contribution is 7.09. The Labute approximate surface area is 99.6 Å². The molecule has 84 valence electrons. The van der Waals surface area contributed by atoms with E-state index in [1.807, 2.05) is 5.51 Å². The second kappa shape index (κ2) is 4.81. The lowest BCUT2D eigenvalue weighted by molar-refractivity contribution is 0.157. The largest absolute Gasteiger partial charge is 0.381 e. The van der Waals surface area contributed by atoms with Crippen molar-refractivity contribution in [3.63, 3.8) is 0 Å². The Balaban J connectivity index is 1.94. The molecule has 0 aromatic carbocycles. The van der Waals surface area contributed by atoms with Gasteiger partial charge in [-0.15, -0.1) is 22.9 Å². The fraction of sp³-hybridized carbons (Fsp3) is 0.727. The summed E-state index contributed by atoms with van der Waals surface area (Å²) in [4.78, 5) is 5.66. The number of nitrogens with zero attached hydrogens (tertiary/aromatic N) is 1. The number of ether oxygens (including phenoxy) is 1. The van der Waals surface area contributed by atoms with Crippen molar-refractivity contribution in [1.29, 1.82) is 0 Å². The highest BCUT2D eigenvalue weighted by Crippen LogP contribution is 2.35. The highest BCUT2D eigenvalue weighted by atomic mass is 35.5. The standard InChI is InChI=1S/C11H16ClNOS/c1-9-10(15-8-13-9)2-3-11(6-12)4-5-14-7-11/h8H,2-7H2,1H3. The fourth-order valence-corrected chi connectivity index (χ4v) is 3.09. The van der Waals surface area contributed by atoms with Gasteiger partial charge < -0.3 is 4.74 Å². The van der Waals surface area contributed by atoms with Gasteiger partial charge in [-0.1, -0.05) is 0 Å². The number of hydrogen-bond acceptors (Lipinski definition) is 3. The first kappa shape index (κ1) is 11.4. The molecule has 15 heavy (non-hydrogen) atoms. The average molecular weight is 246 g/mol. The van der Waals surface area contributed by atoms with Gasteiger partial charge in [-0.2, -0.15) is 0 Å². The van der Waals surface area contributed by atoms with Crippen LogP contribution in [0.1, 0.15) is 23.4 Å². The van der Waals surface area contributed by atoms with Crippen LogP contribution in [0.15, 0.2) is 5.51 Å². The van der Waals surface area contributed by atoms with Gasteiger partial charge in [-0.05, 0) is 26.2 Å². The van der Waals surface area contributed by atoms with Crippen LogP contribution in [-0.2, 0) is 11.2 Å². The summed E-state index contributed by atoms with van der Waals surface area (Å²) >= 11 is 7.80. The van der Waals surface area contributed by atoms with E-state index >= 15 is 0 Å². The Morgan fingerprint density at radius 3 is 3.07 bits per heavy atom. The molecular formula is C11H16ClNOS. The lowest BCUT2D eigenvalue weighted by Gasteiger charge is -2.23. The molecule has 1 aromatic rings. The number of halogens is 1. The quantitative estimate of drug-likeness (QED) is 0.761. The maximum Gasteiger partial charge on any atom is 0.0797 e. The van der Waals surface area contributed by atoms with Crippen LogP contribution < -0.4 is 0 Å². The molecule has 0 bridgehead atoms. The normalized spacial score (nSPS) is 26.0. The Morgan fingerprint density at radius 1 is 1.67 bits per heavy atom. The molecule has 1 aromatic heterocycles. The Kier molecular flexibility index (Phi) is 3.65. The molecule has 1 unspecified atom stereocenters. The predicted octanol–water partition coefficient (Wildman–Crippen LogP) is 3.03. The van der Waals surface area contributed by atoms with Crippen molar-refractivity contribution in [2.24, 2.45) is 5.41 Å². The molecule has 2 rings (SSSR count). The van der Waals surface area contributed by atoms with Crippen LogP contribution in [0.5, 0.6) is 0 Å². The van der Waals surface area contributed by atoms with E-state index in [1.54, 1.807) is 11.3 Å². The molecular weight excluding hydrogens is 230 g/mol. The molecule has 1 saturated heterocycles. The average Bonchev–Trinajstić information content (AvgIpc) is 2.85. The van der Waals surface area contributed by atoms with Crippen LogP contribution in [0.3, 0.4) is 0 Å². The topological polar surface area (TPSA) is 22.1 Å². The Hall–Kier alpha value is -0.120. The van der Waals surface area contributed by atoms with Crippen molar-refractivity contribution >= 4 is 22.9 Å². The van der Waals surface area contributed by atoms with Crippen molar-refractivity contribution in [3.05, 3.63) is 16.1 Å². The van der Waals surface area contributed by atoms with E-state index in [0.29, 0.717) is 5.88 Å². The minimum Gasteiger partial charge on any atom is -0.381 e. The molecule has 1 aliphatic heterocycles. The summed E-state index contributed by atoms with van der Waals surface area (Å²) in [5, 5.41) is 0. The summed E-state index contributed by atoms with van der Waals surface area (Å²) in [5.74, 6) is 0.713. The minimum atomic E-state index is 0.220. The molecule has 1 fully saturated rings. The SMILES string of the molecule is Cc1ncsc1CCC1(CCl)CCOC1. The number of rotatable bonds is 4. The van der Waals surface area contributed by atoms with E-state index in [-0.39, 0.29) is 5.41 Å². The lowest BCUT2D eigenvalue weighted by atomic mass is 9.84. The summed E-state index contributed by atoms with van der Waals surface area (Å²) in [5.41, 5.74) is 3.31. The number of aromatic nitrogens is 1. The van der Waals surface area contributed by atoms with Gasteiger partial charge in [0.2, 0.25) is 0 Å². The summed E-state index contributed by atoms with van der Waals surface area (Å²) in [7, 11) is 0. The molecule has 4 heteroatoms. The van der Waals surface area contributed by atoms with Crippen molar-refractivity contribution in [2.75, 3.05) is 19.1 Å². The van der Waals surface area contributed by atoms with Crippen LogP contribution >= 0.6 is 22.9 Å². The third-order valence-electron chi connectivity index (χ3n) is 3.20. The van der Waals surface area contributed by atoms with E-state index in [9.17, 15) is 0 Å². The number of alkyl halides is 1. The van der Waals surface area contributed by atoms with Gasteiger partial charge in [-0.25, -0.2) is 4.98 Å². The van der Waals surface area contributed by atoms with Crippen LogP contribution in [0, 0.1) is 12.3 Å². The monoisotopic (exact) mass is 245 g/mol. The molecule has 1 atom stereocenters. The molecule has 0 radical (unpaired) electrons. The summed E-state index contributed by atoms with van der Waals surface area (Å²) < 4.78 is 5.45. The predicted molar refractivity (Wildman–Crippen MR) is 63.8 cm³/mol. The second-order valence-electron chi connectivity index (χ2n) is 4.30. The van der Waals surface area contributed by atoms with E-state index in [0.717, 1.165) is 32.5 Å². The summed E-state index contributed by atoms with van der Waals surface area (Å²) in [6.07, 6.45) is 3.32. The summed E-state index contributed by atoms with van der Waals surface area (Å²) in [6.45, 7) is 3.77. The molecule has 0 saturated carbocycles. The van der Waals surface area contributed by atoms with Gasteiger partial charge in [0.25, 0.3) is 0 Å². The van der Waals surface area contributed by atoms with Crippen LogP contribution in [0.4, 0.5) is 0 Å². The van der Waals surface area contributed by atoms with Gasteiger partial charge in [-0.3, -0.25) is 0 Å². The Morgan fingerprint density at radius 2 is 2.53 bits per heavy atom. The zero-order valence-electron chi connectivity index (χ0n) is 8.96. The third-order valence-corrected chi connectivity index (χ3v) is 4.76. The van der Waals surface area contributed by atoms with Gasteiger partial charge in [0.1, 0.15) is 0 Å². The van der Waals surface area contributed by atoms with E-state index in [4.69, 9.17) is 16.3 Å². The van der Waals surface area contributed by atoms with Gasteiger partial charge in [0, 0.05) is 22.8 Å². The van der Waals surface area contributed by atoms with Gasteiger partial charge >= 0.3 is 0 Å². The maximum atomic E-state index is 6.05. The first-order valence-corrected chi connectivity index (χ1v) is 6.70. The number of hydrogen-bond donors (Lipinski definition) is 0. The second-order valence-corrected chi connectivity index (χ2v) is 5.50.